The monoisotopic (exact) mass is 249 g/mol. The molecular formula is C10H19NO4S. The van der Waals surface area contributed by atoms with E-state index in [1.54, 1.807) is 0 Å². The molecule has 0 aromatic heterocycles. The summed E-state index contributed by atoms with van der Waals surface area (Å²) >= 11 is 0. The summed E-state index contributed by atoms with van der Waals surface area (Å²) in [6, 6.07) is 0. The van der Waals surface area contributed by atoms with Crippen molar-refractivity contribution in [1.82, 2.24) is 6.15 Å². The Morgan fingerprint density at radius 1 is 1.44 bits per heavy atom. The number of Topliss-reactive ketones (excluding diaryl/α,β-unsaturated/α-hetero) is 1. The summed E-state index contributed by atoms with van der Waals surface area (Å²) in [4.78, 5) is 11.8. The van der Waals surface area contributed by atoms with Crippen molar-refractivity contribution >= 4 is 15.9 Å². The zero-order chi connectivity index (χ0) is 11.5. The van der Waals surface area contributed by atoms with Crippen molar-refractivity contribution in [2.24, 2.45) is 16.7 Å². The molecule has 4 N–H and O–H groups in total. The molecule has 0 amide bonds. The van der Waals surface area contributed by atoms with E-state index < -0.39 is 20.9 Å². The number of fused-ring (bicyclic) bond motifs is 2. The molecule has 2 rings (SSSR count). The van der Waals surface area contributed by atoms with Crippen molar-refractivity contribution in [1.29, 1.82) is 0 Å². The Hall–Kier alpha value is -0.460. The van der Waals surface area contributed by atoms with Gasteiger partial charge in [-0.15, -0.1) is 0 Å². The van der Waals surface area contributed by atoms with Crippen LogP contribution in [0.5, 0.6) is 0 Å². The summed E-state index contributed by atoms with van der Waals surface area (Å²) in [5, 5.41) is 0. The second kappa shape index (κ2) is 3.51. The first-order valence-electron chi connectivity index (χ1n) is 5.17. The Bertz CT molecular complexity index is 419. The molecule has 0 saturated heterocycles. The van der Waals surface area contributed by atoms with Gasteiger partial charge in [0.2, 0.25) is 0 Å². The summed E-state index contributed by atoms with van der Waals surface area (Å²) in [5.41, 5.74) is -1.12. The maximum atomic E-state index is 11.8. The van der Waals surface area contributed by atoms with Gasteiger partial charge in [0.25, 0.3) is 10.1 Å². The van der Waals surface area contributed by atoms with Gasteiger partial charge in [0.15, 0.2) is 0 Å². The third kappa shape index (κ3) is 1.59. The smallest absolute Gasteiger partial charge is 0.265 e. The number of carbonyl (C=O) groups is 1. The minimum absolute atomic E-state index is 0. The second-order valence-electron chi connectivity index (χ2n) is 5.34. The highest BCUT2D eigenvalue weighted by Crippen LogP contribution is 2.64. The van der Waals surface area contributed by atoms with E-state index in [4.69, 9.17) is 4.55 Å². The largest absolute Gasteiger partial charge is 0.344 e. The number of hydrogen-bond acceptors (Lipinski definition) is 4. The van der Waals surface area contributed by atoms with Gasteiger partial charge in [0, 0.05) is 11.8 Å². The van der Waals surface area contributed by atoms with Crippen LogP contribution in [-0.4, -0.2) is 24.5 Å². The molecule has 3 atom stereocenters. The molecule has 2 fully saturated rings. The minimum Gasteiger partial charge on any atom is -0.344 e. The van der Waals surface area contributed by atoms with Gasteiger partial charge in [-0.3, -0.25) is 9.35 Å². The summed E-state index contributed by atoms with van der Waals surface area (Å²) < 4.78 is 31.0. The van der Waals surface area contributed by atoms with Crippen molar-refractivity contribution < 1.29 is 17.8 Å². The molecule has 0 aromatic rings. The summed E-state index contributed by atoms with van der Waals surface area (Å²) in [6.45, 7) is 3.66. The molecule has 5 nitrogen and oxygen atoms in total. The van der Waals surface area contributed by atoms with E-state index in [1.165, 1.54) is 0 Å². The van der Waals surface area contributed by atoms with Crippen LogP contribution in [0.4, 0.5) is 0 Å². The van der Waals surface area contributed by atoms with Crippen LogP contribution in [0.1, 0.15) is 33.1 Å². The van der Waals surface area contributed by atoms with Crippen LogP contribution in [0.2, 0.25) is 0 Å². The first-order valence-corrected chi connectivity index (χ1v) is 6.78. The van der Waals surface area contributed by atoms with Crippen molar-refractivity contribution in [3.8, 4) is 0 Å². The summed E-state index contributed by atoms with van der Waals surface area (Å²) in [7, 11) is -4.01. The van der Waals surface area contributed by atoms with E-state index in [2.05, 4.69) is 0 Å². The highest BCUT2D eigenvalue weighted by molar-refractivity contribution is 7.85. The maximum Gasteiger partial charge on any atom is 0.265 e. The van der Waals surface area contributed by atoms with E-state index in [0.717, 1.165) is 12.8 Å². The van der Waals surface area contributed by atoms with E-state index in [0.29, 0.717) is 6.42 Å². The molecule has 0 spiro atoms. The Morgan fingerprint density at radius 3 is 2.31 bits per heavy atom. The Morgan fingerprint density at radius 2 is 2.00 bits per heavy atom. The van der Waals surface area contributed by atoms with Gasteiger partial charge in [0.1, 0.15) is 5.78 Å². The third-order valence-electron chi connectivity index (χ3n) is 4.68. The van der Waals surface area contributed by atoms with Gasteiger partial charge in [-0.25, -0.2) is 0 Å². The minimum atomic E-state index is -4.01. The highest BCUT2D eigenvalue weighted by Gasteiger charge is 2.64. The third-order valence-corrected chi connectivity index (χ3v) is 5.65. The molecule has 2 saturated carbocycles. The number of rotatable bonds is 2. The summed E-state index contributed by atoms with van der Waals surface area (Å²) in [5.74, 6) is -0.00535. The zero-order valence-electron chi connectivity index (χ0n) is 9.69. The normalized spacial score (nSPS) is 42.2. The average molecular weight is 249 g/mol. The molecule has 0 heterocycles. The summed E-state index contributed by atoms with van der Waals surface area (Å²) in [6.07, 6.45) is 2.12. The zero-order valence-corrected chi connectivity index (χ0v) is 10.5. The second-order valence-corrected chi connectivity index (χ2v) is 6.79. The molecule has 2 aliphatic carbocycles. The van der Waals surface area contributed by atoms with Gasteiger partial charge in [-0.1, -0.05) is 13.8 Å². The van der Waals surface area contributed by atoms with Crippen LogP contribution in [0.15, 0.2) is 0 Å². The van der Waals surface area contributed by atoms with Gasteiger partial charge >= 0.3 is 0 Å². The number of ketones is 1. The van der Waals surface area contributed by atoms with Crippen molar-refractivity contribution in [3.05, 3.63) is 0 Å². The van der Waals surface area contributed by atoms with Crippen LogP contribution >= 0.6 is 0 Å². The fourth-order valence-electron chi connectivity index (χ4n) is 3.41. The maximum absolute atomic E-state index is 11.8. The molecule has 0 radical (unpaired) electrons. The fourth-order valence-corrected chi connectivity index (χ4v) is 4.72. The lowest BCUT2D eigenvalue weighted by Gasteiger charge is -2.35. The fraction of sp³-hybridized carbons (Fsp3) is 0.900. The predicted octanol–water partition coefficient (Wildman–Crippen LogP) is 1.43. The van der Waals surface area contributed by atoms with Gasteiger partial charge in [-0.05, 0) is 24.2 Å². The van der Waals surface area contributed by atoms with Crippen molar-refractivity contribution in [2.75, 3.05) is 5.75 Å². The van der Waals surface area contributed by atoms with E-state index in [9.17, 15) is 13.2 Å². The first-order chi connectivity index (χ1) is 6.69. The van der Waals surface area contributed by atoms with Gasteiger partial charge < -0.3 is 6.15 Å². The predicted molar refractivity (Wildman–Crippen MR) is 60.0 cm³/mol. The SMILES string of the molecule is CC12CCC(CC1=O)C2(C)CS(=O)(=O)O.N. The molecular weight excluding hydrogens is 230 g/mol. The van der Waals surface area contributed by atoms with Crippen LogP contribution in [-0.2, 0) is 14.9 Å². The van der Waals surface area contributed by atoms with E-state index in [1.807, 2.05) is 13.8 Å². The molecule has 0 aliphatic heterocycles. The molecule has 2 aliphatic rings. The lowest BCUT2D eigenvalue weighted by atomic mass is 9.70. The van der Waals surface area contributed by atoms with Gasteiger partial charge in [-0.2, -0.15) is 8.42 Å². The average Bonchev–Trinajstić information content (AvgIpc) is 2.35. The Kier molecular flexibility index (Phi) is 2.99. The van der Waals surface area contributed by atoms with Crippen LogP contribution in [0, 0.1) is 16.7 Å². The standard InChI is InChI=1S/C10H16O4S.H3N/c1-9-4-3-7(5-8(9)11)10(9,2)6-15(12,13)14;/h7H,3-6H2,1-2H3,(H,12,13,14);1H3. The van der Waals surface area contributed by atoms with Crippen LogP contribution in [0.3, 0.4) is 0 Å². The van der Waals surface area contributed by atoms with Crippen molar-refractivity contribution in [2.45, 2.75) is 33.1 Å². The Balaban J connectivity index is 0.00000128. The number of hydrogen-bond donors (Lipinski definition) is 2. The van der Waals surface area contributed by atoms with E-state index in [-0.39, 0.29) is 23.6 Å². The topological polar surface area (TPSA) is 106 Å². The Labute approximate surface area is 95.9 Å². The lowest BCUT2D eigenvalue weighted by Crippen LogP contribution is -2.40. The van der Waals surface area contributed by atoms with Gasteiger partial charge in [0.05, 0.1) is 5.75 Å². The van der Waals surface area contributed by atoms with Crippen LogP contribution < -0.4 is 6.15 Å². The molecule has 16 heavy (non-hydrogen) atoms. The van der Waals surface area contributed by atoms with E-state index >= 15 is 0 Å². The quantitative estimate of drug-likeness (QED) is 0.720. The molecule has 3 unspecified atom stereocenters. The molecule has 6 heteroatoms. The molecule has 2 bridgehead atoms. The highest BCUT2D eigenvalue weighted by atomic mass is 32.2. The van der Waals surface area contributed by atoms with Crippen molar-refractivity contribution in [3.63, 3.8) is 0 Å². The van der Waals surface area contributed by atoms with Crippen LogP contribution in [0.25, 0.3) is 0 Å². The number of carbonyl (C=O) groups excluding carboxylic acids is 1. The molecule has 94 valence electrons. The molecule has 0 aromatic carbocycles. The first kappa shape index (κ1) is 13.6. The lowest BCUT2D eigenvalue weighted by molar-refractivity contribution is -0.128.